The second kappa shape index (κ2) is 3.81. The minimum Gasteiger partial charge on any atom is -0.407 e. The predicted molar refractivity (Wildman–Crippen MR) is 57.5 cm³/mol. The van der Waals surface area contributed by atoms with Crippen LogP contribution in [0.2, 0.25) is 0 Å². The number of rotatable bonds is 4. The smallest absolute Gasteiger partial charge is 0.315 e. The molecule has 0 aliphatic heterocycles. The molecule has 0 saturated heterocycles. The van der Waals surface area contributed by atoms with E-state index >= 15 is 0 Å². The molecular weight excluding hydrogens is 192 g/mol. The molecule has 5 nitrogen and oxygen atoms in total. The average molecular weight is 210 g/mol. The lowest BCUT2D eigenvalue weighted by Gasteiger charge is -2.18. The minimum atomic E-state index is 0.0680. The number of aromatic nitrogens is 2. The number of nitrogens with zero attached hydrogens (tertiary/aromatic N) is 2. The molecule has 84 valence electrons. The minimum absolute atomic E-state index is 0.0680. The van der Waals surface area contributed by atoms with Crippen LogP contribution >= 0.6 is 0 Å². The third-order valence-electron chi connectivity index (χ3n) is 2.14. The largest absolute Gasteiger partial charge is 0.407 e. The molecule has 1 saturated carbocycles. The Morgan fingerprint density at radius 3 is 2.67 bits per heavy atom. The van der Waals surface area contributed by atoms with E-state index in [-0.39, 0.29) is 5.54 Å². The van der Waals surface area contributed by atoms with Gasteiger partial charge in [0.25, 0.3) is 0 Å². The Kier molecular flexibility index (Phi) is 2.65. The summed E-state index contributed by atoms with van der Waals surface area (Å²) in [5.74, 6) is 0.632. The van der Waals surface area contributed by atoms with Crippen LogP contribution in [0.15, 0.2) is 4.42 Å². The van der Waals surface area contributed by atoms with Crippen molar-refractivity contribution in [1.29, 1.82) is 0 Å². The number of hydrogen-bond donors (Lipinski definition) is 2. The van der Waals surface area contributed by atoms with E-state index in [9.17, 15) is 0 Å². The Balaban J connectivity index is 1.83. The van der Waals surface area contributed by atoms with Crippen LogP contribution in [0, 0.1) is 0 Å². The number of nitrogens with one attached hydrogen (secondary N) is 2. The summed E-state index contributed by atoms with van der Waals surface area (Å²) in [7, 11) is 0. The van der Waals surface area contributed by atoms with Gasteiger partial charge in [-0.05, 0) is 33.6 Å². The topological polar surface area (TPSA) is 63.0 Å². The highest BCUT2D eigenvalue weighted by atomic mass is 16.4. The van der Waals surface area contributed by atoms with E-state index in [2.05, 4.69) is 41.6 Å². The summed E-state index contributed by atoms with van der Waals surface area (Å²) in [6.45, 7) is 6.93. The first kappa shape index (κ1) is 10.4. The van der Waals surface area contributed by atoms with Crippen LogP contribution < -0.4 is 10.6 Å². The average Bonchev–Trinajstić information content (AvgIpc) is 2.79. The van der Waals surface area contributed by atoms with Gasteiger partial charge in [-0.25, -0.2) is 0 Å². The van der Waals surface area contributed by atoms with Crippen LogP contribution in [0.4, 0.5) is 6.01 Å². The highest BCUT2D eigenvalue weighted by molar-refractivity contribution is 5.22. The van der Waals surface area contributed by atoms with Gasteiger partial charge < -0.3 is 15.1 Å². The lowest BCUT2D eigenvalue weighted by atomic mass is 10.1. The Labute approximate surface area is 89.6 Å². The van der Waals surface area contributed by atoms with Crippen LogP contribution in [0.5, 0.6) is 0 Å². The monoisotopic (exact) mass is 210 g/mol. The first-order valence-corrected chi connectivity index (χ1v) is 5.37. The van der Waals surface area contributed by atoms with Crippen LogP contribution in [-0.4, -0.2) is 21.8 Å². The summed E-state index contributed by atoms with van der Waals surface area (Å²) >= 11 is 0. The van der Waals surface area contributed by atoms with Gasteiger partial charge in [0.05, 0.1) is 6.54 Å². The molecule has 1 aromatic rings. The maximum Gasteiger partial charge on any atom is 0.315 e. The zero-order valence-corrected chi connectivity index (χ0v) is 9.50. The molecule has 0 unspecified atom stereocenters. The highest BCUT2D eigenvalue weighted by Crippen LogP contribution is 2.23. The molecule has 15 heavy (non-hydrogen) atoms. The zero-order chi connectivity index (χ0) is 10.9. The van der Waals surface area contributed by atoms with Crippen molar-refractivity contribution in [1.82, 2.24) is 15.5 Å². The van der Waals surface area contributed by atoms with Gasteiger partial charge >= 0.3 is 6.01 Å². The van der Waals surface area contributed by atoms with Gasteiger partial charge in [0.1, 0.15) is 0 Å². The quantitative estimate of drug-likeness (QED) is 0.789. The fourth-order valence-electron chi connectivity index (χ4n) is 1.13. The van der Waals surface area contributed by atoms with Gasteiger partial charge in [-0.15, -0.1) is 5.10 Å². The van der Waals surface area contributed by atoms with E-state index in [1.165, 1.54) is 12.8 Å². The number of hydrogen-bond acceptors (Lipinski definition) is 5. The summed E-state index contributed by atoms with van der Waals surface area (Å²) in [6, 6.07) is 1.09. The molecule has 1 aromatic heterocycles. The standard InChI is InChI=1S/C10H18N4O/c1-10(2,3)11-6-8-13-14-9(15-8)12-7-4-5-7/h7,11H,4-6H2,1-3H3,(H,12,14). The summed E-state index contributed by atoms with van der Waals surface area (Å²) < 4.78 is 5.43. The molecule has 0 radical (unpaired) electrons. The summed E-state index contributed by atoms with van der Waals surface area (Å²) in [6.07, 6.45) is 2.41. The van der Waals surface area contributed by atoms with Crippen LogP contribution in [0.3, 0.4) is 0 Å². The fourth-order valence-corrected chi connectivity index (χ4v) is 1.13. The van der Waals surface area contributed by atoms with E-state index in [0.29, 0.717) is 24.5 Å². The van der Waals surface area contributed by atoms with Crippen molar-refractivity contribution in [3.8, 4) is 0 Å². The highest BCUT2D eigenvalue weighted by Gasteiger charge is 2.23. The Morgan fingerprint density at radius 2 is 2.07 bits per heavy atom. The van der Waals surface area contributed by atoms with Crippen molar-refractivity contribution in [3.63, 3.8) is 0 Å². The molecule has 1 aliphatic carbocycles. The summed E-state index contributed by atoms with van der Waals surface area (Å²) in [5, 5.41) is 14.3. The van der Waals surface area contributed by atoms with E-state index in [4.69, 9.17) is 4.42 Å². The van der Waals surface area contributed by atoms with Gasteiger partial charge in [-0.2, -0.15) is 0 Å². The Morgan fingerprint density at radius 1 is 1.33 bits per heavy atom. The molecule has 1 fully saturated rings. The maximum atomic E-state index is 5.43. The fraction of sp³-hybridized carbons (Fsp3) is 0.800. The molecule has 0 aromatic carbocycles. The SMILES string of the molecule is CC(C)(C)NCc1nnc(NC2CC2)o1. The van der Waals surface area contributed by atoms with Crippen molar-refractivity contribution in [2.45, 2.75) is 51.7 Å². The second-order valence-corrected chi connectivity index (χ2v) is 5.02. The summed E-state index contributed by atoms with van der Waals surface area (Å²) in [4.78, 5) is 0. The van der Waals surface area contributed by atoms with E-state index in [1.807, 2.05) is 0 Å². The molecule has 5 heteroatoms. The second-order valence-electron chi connectivity index (χ2n) is 5.02. The summed E-state index contributed by atoms with van der Waals surface area (Å²) in [5.41, 5.74) is 0.0680. The zero-order valence-electron chi connectivity index (χ0n) is 9.50. The van der Waals surface area contributed by atoms with E-state index in [0.717, 1.165) is 0 Å². The lowest BCUT2D eigenvalue weighted by molar-refractivity contribution is 0.383. The van der Waals surface area contributed by atoms with Gasteiger partial charge in [0.15, 0.2) is 0 Å². The maximum absolute atomic E-state index is 5.43. The van der Waals surface area contributed by atoms with Crippen molar-refractivity contribution in [3.05, 3.63) is 5.89 Å². The van der Waals surface area contributed by atoms with E-state index in [1.54, 1.807) is 0 Å². The van der Waals surface area contributed by atoms with E-state index < -0.39 is 0 Å². The molecule has 2 rings (SSSR count). The molecule has 0 spiro atoms. The molecule has 1 aliphatic rings. The van der Waals surface area contributed by atoms with Crippen molar-refractivity contribution < 1.29 is 4.42 Å². The van der Waals surface area contributed by atoms with Gasteiger partial charge in [-0.1, -0.05) is 5.10 Å². The molecule has 1 heterocycles. The molecule has 0 amide bonds. The van der Waals surface area contributed by atoms with Crippen molar-refractivity contribution >= 4 is 6.01 Å². The third-order valence-corrected chi connectivity index (χ3v) is 2.14. The lowest BCUT2D eigenvalue weighted by Crippen LogP contribution is -2.35. The van der Waals surface area contributed by atoms with Crippen molar-refractivity contribution in [2.75, 3.05) is 5.32 Å². The van der Waals surface area contributed by atoms with Gasteiger partial charge in [0, 0.05) is 11.6 Å². The normalized spacial score (nSPS) is 16.7. The first-order valence-electron chi connectivity index (χ1n) is 5.37. The van der Waals surface area contributed by atoms with Crippen LogP contribution in [0.25, 0.3) is 0 Å². The van der Waals surface area contributed by atoms with Crippen LogP contribution in [0.1, 0.15) is 39.5 Å². The molecular formula is C10H18N4O. The molecule has 2 N–H and O–H groups in total. The third kappa shape index (κ3) is 3.51. The van der Waals surface area contributed by atoms with Crippen LogP contribution in [-0.2, 0) is 6.54 Å². The Hall–Kier alpha value is -1.10. The molecule has 0 atom stereocenters. The predicted octanol–water partition coefficient (Wildman–Crippen LogP) is 1.53. The number of anilines is 1. The van der Waals surface area contributed by atoms with Gasteiger partial charge in [-0.3, -0.25) is 0 Å². The van der Waals surface area contributed by atoms with Crippen molar-refractivity contribution in [2.24, 2.45) is 0 Å². The Bertz CT molecular complexity index is 324. The van der Waals surface area contributed by atoms with Gasteiger partial charge in [0.2, 0.25) is 5.89 Å². The first-order chi connectivity index (χ1) is 7.03. The molecule has 0 bridgehead atoms.